The second-order valence-corrected chi connectivity index (χ2v) is 4.30. The highest BCUT2D eigenvalue weighted by Gasteiger charge is 2.39. The third kappa shape index (κ3) is 3.06. The van der Waals surface area contributed by atoms with E-state index >= 15 is 0 Å². The molecule has 0 aliphatic carbocycles. The van der Waals surface area contributed by atoms with Crippen molar-refractivity contribution in [2.75, 3.05) is 0 Å². The van der Waals surface area contributed by atoms with Crippen molar-refractivity contribution in [2.45, 2.75) is 32.6 Å². The van der Waals surface area contributed by atoms with Gasteiger partial charge < -0.3 is 4.57 Å². The minimum atomic E-state index is -4.85. The molecule has 2 heterocycles. The molecule has 8 heteroatoms. The zero-order chi connectivity index (χ0) is 14.8. The van der Waals surface area contributed by atoms with Crippen LogP contribution >= 0.6 is 0 Å². The molecule has 0 atom stereocenters. The van der Waals surface area contributed by atoms with E-state index in [1.54, 1.807) is 4.68 Å². The van der Waals surface area contributed by atoms with Crippen LogP contribution in [-0.2, 0) is 13.1 Å². The molecule has 0 saturated carbocycles. The molecule has 0 amide bonds. The van der Waals surface area contributed by atoms with Gasteiger partial charge in [-0.15, -0.1) is 0 Å². The van der Waals surface area contributed by atoms with E-state index < -0.39 is 12.0 Å². The van der Waals surface area contributed by atoms with E-state index in [9.17, 15) is 18.0 Å². The normalized spacial score (nSPS) is 11.8. The van der Waals surface area contributed by atoms with Gasteiger partial charge in [-0.1, -0.05) is 6.92 Å². The van der Waals surface area contributed by atoms with E-state index in [0.717, 1.165) is 12.5 Å². The average molecular weight is 286 g/mol. The molecule has 0 N–H and O–H groups in total. The number of carbonyl (C=O) groups is 1. The number of halogens is 3. The van der Waals surface area contributed by atoms with Crippen LogP contribution in [0.2, 0.25) is 0 Å². The Morgan fingerprint density at radius 1 is 1.40 bits per heavy atom. The summed E-state index contributed by atoms with van der Waals surface area (Å²) in [6.07, 6.45) is 0.00919. The van der Waals surface area contributed by atoms with E-state index in [1.165, 1.54) is 23.3 Å². The molecule has 0 radical (unpaired) electrons. The molecule has 0 aliphatic heterocycles. The maximum Gasteiger partial charge on any atom is 0.454 e. The molecule has 20 heavy (non-hydrogen) atoms. The zero-order valence-corrected chi connectivity index (χ0v) is 10.8. The molecule has 0 aromatic carbocycles. The molecule has 0 fully saturated rings. The van der Waals surface area contributed by atoms with E-state index in [0.29, 0.717) is 12.4 Å². The number of hydrogen-bond donors (Lipinski definition) is 0. The third-order valence-corrected chi connectivity index (χ3v) is 2.73. The van der Waals surface area contributed by atoms with Gasteiger partial charge in [-0.25, -0.2) is 9.67 Å². The van der Waals surface area contributed by atoms with Gasteiger partial charge in [-0.3, -0.25) is 4.79 Å². The SMILES string of the molecule is CCCn1ncnc1Cn1ccc(C(=O)C(F)(F)F)c1. The third-order valence-electron chi connectivity index (χ3n) is 2.73. The molecule has 0 unspecified atom stereocenters. The predicted molar refractivity (Wildman–Crippen MR) is 64.2 cm³/mol. The van der Waals surface area contributed by atoms with Crippen molar-refractivity contribution in [1.82, 2.24) is 19.3 Å². The van der Waals surface area contributed by atoms with Crippen LogP contribution in [0.4, 0.5) is 13.2 Å². The quantitative estimate of drug-likeness (QED) is 0.792. The smallest absolute Gasteiger partial charge is 0.346 e. The van der Waals surface area contributed by atoms with Crippen LogP contribution in [0.25, 0.3) is 0 Å². The summed E-state index contributed by atoms with van der Waals surface area (Å²) >= 11 is 0. The number of nitrogens with zero attached hydrogens (tertiary/aromatic N) is 4. The Morgan fingerprint density at radius 3 is 2.80 bits per heavy atom. The van der Waals surface area contributed by atoms with Crippen molar-refractivity contribution >= 4 is 5.78 Å². The second kappa shape index (κ2) is 5.48. The van der Waals surface area contributed by atoms with Crippen LogP contribution in [0.1, 0.15) is 29.5 Å². The standard InChI is InChI=1S/C12H13F3N4O/c1-2-4-19-10(16-8-17-19)7-18-5-3-9(6-18)11(20)12(13,14)15/h3,5-6,8H,2,4,7H2,1H3. The van der Waals surface area contributed by atoms with Gasteiger partial charge in [0.1, 0.15) is 12.2 Å². The molecule has 0 saturated heterocycles. The van der Waals surface area contributed by atoms with Crippen LogP contribution in [0.3, 0.4) is 0 Å². The van der Waals surface area contributed by atoms with Gasteiger partial charge in [0.2, 0.25) is 0 Å². The van der Waals surface area contributed by atoms with Gasteiger partial charge in [-0.05, 0) is 12.5 Å². The molecular weight excluding hydrogens is 273 g/mol. The highest BCUT2D eigenvalue weighted by atomic mass is 19.4. The van der Waals surface area contributed by atoms with E-state index in [1.807, 2.05) is 6.92 Å². The Labute approximate surface area is 113 Å². The van der Waals surface area contributed by atoms with Crippen molar-refractivity contribution in [3.8, 4) is 0 Å². The minimum absolute atomic E-state index is 0.269. The topological polar surface area (TPSA) is 52.7 Å². The number of rotatable bonds is 5. The van der Waals surface area contributed by atoms with Gasteiger partial charge in [0.15, 0.2) is 0 Å². The first-order chi connectivity index (χ1) is 9.41. The van der Waals surface area contributed by atoms with Gasteiger partial charge in [0.05, 0.1) is 6.54 Å². The Bertz CT molecular complexity index is 600. The average Bonchev–Trinajstić information content (AvgIpc) is 2.98. The summed E-state index contributed by atoms with van der Waals surface area (Å²) in [5.41, 5.74) is -0.376. The van der Waals surface area contributed by atoms with Crippen molar-refractivity contribution in [3.63, 3.8) is 0 Å². The van der Waals surface area contributed by atoms with Crippen LogP contribution in [0.15, 0.2) is 24.8 Å². The second-order valence-electron chi connectivity index (χ2n) is 4.30. The molecular formula is C12H13F3N4O. The maximum atomic E-state index is 12.3. The number of hydrogen-bond acceptors (Lipinski definition) is 3. The lowest BCUT2D eigenvalue weighted by Crippen LogP contribution is -2.22. The van der Waals surface area contributed by atoms with E-state index in [4.69, 9.17) is 0 Å². The first kappa shape index (κ1) is 14.3. The summed E-state index contributed by atoms with van der Waals surface area (Å²) in [7, 11) is 0. The van der Waals surface area contributed by atoms with E-state index in [-0.39, 0.29) is 12.1 Å². The summed E-state index contributed by atoms with van der Waals surface area (Å²) in [5, 5.41) is 4.03. The fourth-order valence-electron chi connectivity index (χ4n) is 1.81. The van der Waals surface area contributed by atoms with Crippen molar-refractivity contribution in [2.24, 2.45) is 0 Å². The fraction of sp³-hybridized carbons (Fsp3) is 0.417. The number of ketones is 1. The molecule has 2 aromatic heterocycles. The lowest BCUT2D eigenvalue weighted by molar-refractivity contribution is -0.0885. The summed E-state index contributed by atoms with van der Waals surface area (Å²) in [6, 6.07) is 1.15. The molecule has 5 nitrogen and oxygen atoms in total. The van der Waals surface area contributed by atoms with Crippen LogP contribution < -0.4 is 0 Å². The summed E-state index contributed by atoms with van der Waals surface area (Å²) in [5.74, 6) is -1.21. The Morgan fingerprint density at radius 2 is 2.15 bits per heavy atom. The number of aryl methyl sites for hydroxylation is 1. The van der Waals surface area contributed by atoms with E-state index in [2.05, 4.69) is 10.1 Å². The number of Topliss-reactive ketones (excluding diaryl/α,β-unsaturated/α-hetero) is 1. The molecule has 0 aliphatic rings. The number of alkyl halides is 3. The molecule has 108 valence electrons. The lowest BCUT2D eigenvalue weighted by atomic mass is 10.2. The lowest BCUT2D eigenvalue weighted by Gasteiger charge is -2.05. The highest BCUT2D eigenvalue weighted by molar-refractivity contribution is 6.00. The van der Waals surface area contributed by atoms with Gasteiger partial charge >= 0.3 is 6.18 Å². The Balaban J connectivity index is 2.14. The Hall–Kier alpha value is -2.12. The van der Waals surface area contributed by atoms with Crippen LogP contribution in [0, 0.1) is 0 Å². The van der Waals surface area contributed by atoms with Gasteiger partial charge in [0.25, 0.3) is 5.78 Å². The molecule has 2 aromatic rings. The first-order valence-corrected chi connectivity index (χ1v) is 6.05. The highest BCUT2D eigenvalue weighted by Crippen LogP contribution is 2.21. The monoisotopic (exact) mass is 286 g/mol. The fourth-order valence-corrected chi connectivity index (χ4v) is 1.81. The molecule has 0 bridgehead atoms. The number of aromatic nitrogens is 4. The number of carbonyl (C=O) groups excluding carboxylic acids is 1. The zero-order valence-electron chi connectivity index (χ0n) is 10.8. The molecule has 2 rings (SSSR count). The maximum absolute atomic E-state index is 12.3. The predicted octanol–water partition coefficient (Wildman–Crippen LogP) is 2.28. The summed E-state index contributed by atoms with van der Waals surface area (Å²) in [4.78, 5) is 15.1. The van der Waals surface area contributed by atoms with Crippen molar-refractivity contribution in [1.29, 1.82) is 0 Å². The molecule has 0 spiro atoms. The Kier molecular flexibility index (Phi) is 3.91. The summed E-state index contributed by atoms with van der Waals surface area (Å²) < 4.78 is 40.1. The van der Waals surface area contributed by atoms with Crippen molar-refractivity contribution < 1.29 is 18.0 Å². The van der Waals surface area contributed by atoms with Crippen LogP contribution in [0.5, 0.6) is 0 Å². The summed E-state index contributed by atoms with van der Waals surface area (Å²) in [6.45, 7) is 2.94. The largest absolute Gasteiger partial charge is 0.454 e. The van der Waals surface area contributed by atoms with Gasteiger partial charge in [-0.2, -0.15) is 18.3 Å². The van der Waals surface area contributed by atoms with Crippen LogP contribution in [-0.4, -0.2) is 31.3 Å². The minimum Gasteiger partial charge on any atom is -0.346 e. The van der Waals surface area contributed by atoms with Gasteiger partial charge in [0, 0.05) is 24.5 Å². The van der Waals surface area contributed by atoms with Crippen molar-refractivity contribution in [3.05, 3.63) is 36.2 Å². The first-order valence-electron chi connectivity index (χ1n) is 6.05.